The van der Waals surface area contributed by atoms with Crippen molar-refractivity contribution in [3.63, 3.8) is 0 Å². The predicted octanol–water partition coefficient (Wildman–Crippen LogP) is 2.76. The minimum atomic E-state index is -0.535. The molecule has 0 saturated carbocycles. The summed E-state index contributed by atoms with van der Waals surface area (Å²) in [6.07, 6.45) is -0.535. The van der Waals surface area contributed by atoms with E-state index in [2.05, 4.69) is 12.0 Å². The monoisotopic (exact) mass is 309 g/mol. The Bertz CT molecular complexity index is 670. The first-order valence-electron chi connectivity index (χ1n) is 7.24. The fourth-order valence-corrected chi connectivity index (χ4v) is 1.96. The number of nitrogens with zero attached hydrogens (tertiary/aromatic N) is 1. The fraction of sp³-hybridized carbons (Fsp3) is 0.211. The van der Waals surface area contributed by atoms with Crippen LogP contribution in [0.3, 0.4) is 0 Å². The number of benzene rings is 2. The van der Waals surface area contributed by atoms with E-state index in [1.807, 2.05) is 48.5 Å². The number of methoxy groups -OCH3 is 2. The van der Waals surface area contributed by atoms with Gasteiger partial charge in [0.1, 0.15) is 0 Å². The lowest BCUT2D eigenvalue weighted by Crippen LogP contribution is -2.35. The molecule has 0 unspecified atom stereocenters. The summed E-state index contributed by atoms with van der Waals surface area (Å²) in [6, 6.07) is 21.4. The molecule has 0 N–H and O–H groups in total. The van der Waals surface area contributed by atoms with E-state index in [1.165, 1.54) is 19.1 Å². The van der Waals surface area contributed by atoms with E-state index in [4.69, 9.17) is 9.47 Å². The van der Waals surface area contributed by atoms with E-state index in [0.29, 0.717) is 5.56 Å². The molecule has 0 radical (unpaired) electrons. The normalized spacial score (nSPS) is 10.0. The molecule has 2 aromatic rings. The van der Waals surface area contributed by atoms with E-state index in [1.54, 1.807) is 12.1 Å². The highest BCUT2D eigenvalue weighted by Crippen LogP contribution is 2.07. The second-order valence-electron chi connectivity index (χ2n) is 4.79. The molecule has 0 fully saturated rings. The van der Waals surface area contributed by atoms with Crippen LogP contribution in [0.2, 0.25) is 0 Å². The van der Waals surface area contributed by atoms with Gasteiger partial charge in [-0.3, -0.25) is 9.69 Å². The molecule has 23 heavy (non-hydrogen) atoms. The lowest BCUT2D eigenvalue weighted by molar-refractivity contribution is -0.107. The highest BCUT2D eigenvalue weighted by Gasteiger charge is 2.18. The molecule has 118 valence electrons. The Kier molecular flexibility index (Phi) is 6.37. The van der Waals surface area contributed by atoms with Gasteiger partial charge >= 0.3 is 0 Å². The zero-order valence-electron chi connectivity index (χ0n) is 13.2. The maximum absolute atomic E-state index is 12.6. The first kappa shape index (κ1) is 16.8. The molecule has 0 spiro atoms. The summed E-state index contributed by atoms with van der Waals surface area (Å²) in [7, 11) is 3.06. The first-order valence-corrected chi connectivity index (χ1v) is 7.24. The smallest absolute Gasteiger partial charge is 0.265 e. The Morgan fingerprint density at radius 3 is 2.13 bits per heavy atom. The topological polar surface area (TPSA) is 38.8 Å². The third-order valence-electron chi connectivity index (χ3n) is 3.23. The molecular formula is C19H19NO3. The van der Waals surface area contributed by atoms with E-state index in [-0.39, 0.29) is 12.5 Å². The Balaban J connectivity index is 2.25. The van der Waals surface area contributed by atoms with Gasteiger partial charge in [0.25, 0.3) is 5.91 Å². The minimum Gasteiger partial charge on any atom is -0.354 e. The molecular weight excluding hydrogens is 290 g/mol. The molecule has 4 heteroatoms. The Morgan fingerprint density at radius 1 is 1.00 bits per heavy atom. The molecule has 0 atom stereocenters. The molecule has 0 aliphatic carbocycles. The molecule has 1 amide bonds. The van der Waals surface area contributed by atoms with Crippen LogP contribution in [0.1, 0.15) is 15.9 Å². The summed E-state index contributed by atoms with van der Waals surface area (Å²) in [6.45, 7) is 0.223. The predicted molar refractivity (Wildman–Crippen MR) is 88.6 cm³/mol. The standard InChI is InChI=1S/C19H19NO3/c1-22-18(23-2)15-20(14-13-16-9-5-3-6-10-16)19(21)17-11-7-4-8-12-17/h3-12,18H,15H2,1-2H3. The number of amides is 1. The molecule has 2 rings (SSSR count). The Morgan fingerprint density at radius 2 is 1.57 bits per heavy atom. The summed E-state index contributed by atoms with van der Waals surface area (Å²) in [5, 5.41) is 0. The van der Waals surface area contributed by atoms with Crippen molar-refractivity contribution < 1.29 is 14.3 Å². The van der Waals surface area contributed by atoms with Crippen LogP contribution in [-0.2, 0) is 9.47 Å². The molecule has 0 aliphatic heterocycles. The second kappa shape index (κ2) is 8.74. The van der Waals surface area contributed by atoms with Gasteiger partial charge in [-0.05, 0) is 30.2 Å². The summed E-state index contributed by atoms with van der Waals surface area (Å²) >= 11 is 0. The van der Waals surface area contributed by atoms with Crippen LogP contribution in [0, 0.1) is 12.0 Å². The van der Waals surface area contributed by atoms with Crippen LogP contribution in [0.15, 0.2) is 60.7 Å². The first-order chi connectivity index (χ1) is 11.2. The van der Waals surface area contributed by atoms with Crippen molar-refractivity contribution in [1.82, 2.24) is 4.90 Å². The van der Waals surface area contributed by atoms with Crippen molar-refractivity contribution in [3.05, 3.63) is 71.8 Å². The van der Waals surface area contributed by atoms with E-state index in [9.17, 15) is 4.79 Å². The van der Waals surface area contributed by atoms with Crippen molar-refractivity contribution in [3.8, 4) is 12.0 Å². The zero-order valence-corrected chi connectivity index (χ0v) is 13.2. The van der Waals surface area contributed by atoms with Gasteiger partial charge in [0.15, 0.2) is 6.29 Å². The van der Waals surface area contributed by atoms with E-state index >= 15 is 0 Å². The highest BCUT2D eigenvalue weighted by atomic mass is 16.7. The van der Waals surface area contributed by atoms with Gasteiger partial charge in [0.2, 0.25) is 0 Å². The van der Waals surface area contributed by atoms with Crippen molar-refractivity contribution in [1.29, 1.82) is 0 Å². The average molecular weight is 309 g/mol. The van der Waals surface area contributed by atoms with Crippen molar-refractivity contribution in [2.24, 2.45) is 0 Å². The van der Waals surface area contributed by atoms with Crippen LogP contribution in [0.4, 0.5) is 0 Å². The SMILES string of the molecule is COC(CN(C#Cc1ccccc1)C(=O)c1ccccc1)OC. The lowest BCUT2D eigenvalue weighted by atomic mass is 10.2. The third-order valence-corrected chi connectivity index (χ3v) is 3.23. The van der Waals surface area contributed by atoms with Gasteiger partial charge in [0.05, 0.1) is 6.54 Å². The van der Waals surface area contributed by atoms with Crippen molar-refractivity contribution in [2.75, 3.05) is 20.8 Å². The molecule has 0 aromatic heterocycles. The van der Waals surface area contributed by atoms with Gasteiger partial charge in [-0.25, -0.2) is 0 Å². The average Bonchev–Trinajstić information content (AvgIpc) is 2.63. The fourth-order valence-electron chi connectivity index (χ4n) is 1.96. The van der Waals surface area contributed by atoms with Gasteiger partial charge < -0.3 is 9.47 Å². The van der Waals surface area contributed by atoms with Crippen LogP contribution in [0.25, 0.3) is 0 Å². The minimum absolute atomic E-state index is 0.187. The largest absolute Gasteiger partial charge is 0.354 e. The Labute approximate surface area is 136 Å². The third kappa shape index (κ3) is 4.96. The number of hydrogen-bond acceptors (Lipinski definition) is 3. The molecule has 0 saturated heterocycles. The summed E-state index contributed by atoms with van der Waals surface area (Å²) in [5.74, 6) is 2.81. The number of carbonyl (C=O) groups excluding carboxylic acids is 1. The van der Waals surface area contributed by atoms with Gasteiger partial charge in [-0.1, -0.05) is 36.4 Å². The van der Waals surface area contributed by atoms with Crippen LogP contribution < -0.4 is 0 Å². The van der Waals surface area contributed by atoms with Crippen molar-refractivity contribution in [2.45, 2.75) is 6.29 Å². The number of hydrogen-bond donors (Lipinski definition) is 0. The van der Waals surface area contributed by atoms with Gasteiger partial charge in [0, 0.05) is 31.4 Å². The molecule has 0 heterocycles. The lowest BCUT2D eigenvalue weighted by Gasteiger charge is -2.21. The maximum atomic E-state index is 12.6. The Hall–Kier alpha value is -2.61. The number of rotatable bonds is 5. The van der Waals surface area contributed by atoms with E-state index in [0.717, 1.165) is 5.56 Å². The van der Waals surface area contributed by atoms with Crippen LogP contribution >= 0.6 is 0 Å². The summed E-state index contributed by atoms with van der Waals surface area (Å²) < 4.78 is 10.4. The molecule has 4 nitrogen and oxygen atoms in total. The molecule has 0 aliphatic rings. The summed E-state index contributed by atoms with van der Waals surface area (Å²) in [4.78, 5) is 14.1. The number of ether oxygens (including phenoxy) is 2. The highest BCUT2D eigenvalue weighted by molar-refractivity contribution is 5.95. The quantitative estimate of drug-likeness (QED) is 0.484. The maximum Gasteiger partial charge on any atom is 0.265 e. The van der Waals surface area contributed by atoms with Gasteiger partial charge in [-0.2, -0.15) is 0 Å². The van der Waals surface area contributed by atoms with Gasteiger partial charge in [-0.15, -0.1) is 0 Å². The molecule has 2 aromatic carbocycles. The van der Waals surface area contributed by atoms with Crippen molar-refractivity contribution >= 4 is 5.91 Å². The summed E-state index contributed by atoms with van der Waals surface area (Å²) in [5.41, 5.74) is 1.41. The second-order valence-corrected chi connectivity index (χ2v) is 4.79. The zero-order chi connectivity index (χ0) is 16.5. The van der Waals surface area contributed by atoms with Crippen LogP contribution in [0.5, 0.6) is 0 Å². The number of carbonyl (C=O) groups is 1. The van der Waals surface area contributed by atoms with E-state index < -0.39 is 6.29 Å². The molecule has 0 bridgehead atoms. The van der Waals surface area contributed by atoms with Crippen LogP contribution in [-0.4, -0.2) is 37.9 Å².